The van der Waals surface area contributed by atoms with Crippen LogP contribution in [0.15, 0.2) is 48.5 Å². The Labute approximate surface area is 137 Å². The highest BCUT2D eigenvalue weighted by molar-refractivity contribution is 5.77. The molecule has 2 aromatic rings. The molecule has 0 bridgehead atoms. The largest absolute Gasteiger partial charge is 0.484 e. The summed E-state index contributed by atoms with van der Waals surface area (Å²) in [5.74, 6) is 0.522. The first-order valence-electron chi connectivity index (χ1n) is 7.64. The first-order valence-corrected chi connectivity index (χ1v) is 7.64. The van der Waals surface area contributed by atoms with Crippen LogP contribution < -0.4 is 10.1 Å². The van der Waals surface area contributed by atoms with Gasteiger partial charge in [-0.2, -0.15) is 0 Å². The van der Waals surface area contributed by atoms with Gasteiger partial charge in [-0.25, -0.2) is 0 Å². The molecule has 2 aromatic carbocycles. The van der Waals surface area contributed by atoms with Gasteiger partial charge in [0.25, 0.3) is 5.91 Å². The van der Waals surface area contributed by atoms with Crippen LogP contribution in [0.1, 0.15) is 22.8 Å². The molecule has 0 fully saturated rings. The Bertz CT molecular complexity index is 637. The molecular formula is C19H23NO3. The number of carbonyl (C=O) groups is 1. The number of nitrogens with one attached hydrogen (secondary N) is 1. The van der Waals surface area contributed by atoms with Crippen LogP contribution in [0.5, 0.6) is 5.75 Å². The molecule has 0 aliphatic carbocycles. The van der Waals surface area contributed by atoms with Crippen molar-refractivity contribution in [3.63, 3.8) is 0 Å². The van der Waals surface area contributed by atoms with Crippen LogP contribution in [0, 0.1) is 13.8 Å². The van der Waals surface area contributed by atoms with E-state index in [0.717, 1.165) is 16.7 Å². The number of rotatable bonds is 7. The maximum absolute atomic E-state index is 11.9. The minimum absolute atomic E-state index is 0.00668. The van der Waals surface area contributed by atoms with E-state index in [9.17, 15) is 4.79 Å². The molecular weight excluding hydrogens is 290 g/mol. The second kappa shape index (κ2) is 8.34. The third kappa shape index (κ3) is 5.11. The second-order valence-electron chi connectivity index (χ2n) is 5.49. The zero-order valence-corrected chi connectivity index (χ0v) is 13.8. The second-order valence-corrected chi connectivity index (χ2v) is 5.49. The van der Waals surface area contributed by atoms with Gasteiger partial charge in [0.2, 0.25) is 0 Å². The fraction of sp³-hybridized carbons (Fsp3) is 0.316. The van der Waals surface area contributed by atoms with Gasteiger partial charge < -0.3 is 14.8 Å². The summed E-state index contributed by atoms with van der Waals surface area (Å²) in [7, 11) is 1.64. The number of methoxy groups -OCH3 is 1. The summed E-state index contributed by atoms with van der Waals surface area (Å²) in [6.45, 7) is 4.45. The number of hydrogen-bond donors (Lipinski definition) is 1. The quantitative estimate of drug-likeness (QED) is 0.854. The van der Waals surface area contributed by atoms with Gasteiger partial charge in [-0.1, -0.05) is 42.0 Å². The van der Waals surface area contributed by atoms with Crippen LogP contribution in [0.4, 0.5) is 0 Å². The molecule has 4 nitrogen and oxygen atoms in total. The lowest BCUT2D eigenvalue weighted by Gasteiger charge is -2.18. The van der Waals surface area contributed by atoms with E-state index in [-0.39, 0.29) is 18.6 Å². The van der Waals surface area contributed by atoms with Gasteiger partial charge in [0.15, 0.2) is 6.61 Å². The van der Waals surface area contributed by atoms with Gasteiger partial charge in [0.05, 0.1) is 6.10 Å². The summed E-state index contributed by atoms with van der Waals surface area (Å²) in [6, 6.07) is 15.6. The van der Waals surface area contributed by atoms with Crippen molar-refractivity contribution < 1.29 is 14.3 Å². The Morgan fingerprint density at radius 1 is 1.09 bits per heavy atom. The summed E-state index contributed by atoms with van der Waals surface area (Å²) >= 11 is 0. The van der Waals surface area contributed by atoms with E-state index in [1.54, 1.807) is 7.11 Å². The number of aryl methyl sites for hydroxylation is 2. The van der Waals surface area contributed by atoms with Crippen LogP contribution >= 0.6 is 0 Å². The Kier molecular flexibility index (Phi) is 6.18. The summed E-state index contributed by atoms with van der Waals surface area (Å²) in [4.78, 5) is 11.9. The topological polar surface area (TPSA) is 47.6 Å². The molecule has 0 heterocycles. The summed E-state index contributed by atoms with van der Waals surface area (Å²) in [5.41, 5.74) is 3.38. The molecule has 122 valence electrons. The molecule has 0 saturated carbocycles. The zero-order valence-electron chi connectivity index (χ0n) is 13.8. The molecule has 1 amide bonds. The van der Waals surface area contributed by atoms with Crippen molar-refractivity contribution in [1.29, 1.82) is 0 Å². The van der Waals surface area contributed by atoms with E-state index < -0.39 is 0 Å². The minimum Gasteiger partial charge on any atom is -0.484 e. The molecule has 0 aliphatic rings. The van der Waals surface area contributed by atoms with Gasteiger partial charge in [0.1, 0.15) is 5.75 Å². The Morgan fingerprint density at radius 3 is 2.43 bits per heavy atom. The lowest BCUT2D eigenvalue weighted by molar-refractivity contribution is -0.123. The maximum atomic E-state index is 11.9. The first-order chi connectivity index (χ1) is 11.1. The van der Waals surface area contributed by atoms with Crippen molar-refractivity contribution in [1.82, 2.24) is 5.32 Å². The smallest absolute Gasteiger partial charge is 0.258 e. The normalized spacial score (nSPS) is 11.8. The summed E-state index contributed by atoms with van der Waals surface area (Å²) < 4.78 is 11.0. The molecule has 2 rings (SSSR count). The van der Waals surface area contributed by atoms with Crippen LogP contribution in [-0.2, 0) is 9.53 Å². The van der Waals surface area contributed by atoms with Crippen molar-refractivity contribution >= 4 is 5.91 Å². The monoisotopic (exact) mass is 313 g/mol. The molecule has 1 unspecified atom stereocenters. The first kappa shape index (κ1) is 17.0. The maximum Gasteiger partial charge on any atom is 0.258 e. The highest BCUT2D eigenvalue weighted by atomic mass is 16.5. The lowest BCUT2D eigenvalue weighted by atomic mass is 10.0. The van der Waals surface area contributed by atoms with Gasteiger partial charge in [-0.15, -0.1) is 0 Å². The number of amides is 1. The van der Waals surface area contributed by atoms with Gasteiger partial charge in [-0.05, 0) is 37.1 Å². The average Bonchev–Trinajstić information content (AvgIpc) is 2.56. The van der Waals surface area contributed by atoms with E-state index in [1.165, 1.54) is 0 Å². The molecule has 1 N–H and O–H groups in total. The lowest BCUT2D eigenvalue weighted by Crippen LogP contribution is -2.33. The molecule has 0 saturated heterocycles. The Morgan fingerprint density at radius 2 is 1.78 bits per heavy atom. The number of benzene rings is 2. The number of ether oxygens (including phenoxy) is 2. The van der Waals surface area contributed by atoms with Crippen LogP contribution in [0.25, 0.3) is 0 Å². The van der Waals surface area contributed by atoms with Gasteiger partial charge in [0, 0.05) is 13.7 Å². The van der Waals surface area contributed by atoms with Gasteiger partial charge >= 0.3 is 0 Å². The van der Waals surface area contributed by atoms with Crippen molar-refractivity contribution in [2.75, 3.05) is 20.3 Å². The van der Waals surface area contributed by atoms with Crippen molar-refractivity contribution in [2.45, 2.75) is 20.0 Å². The summed E-state index contributed by atoms with van der Waals surface area (Å²) in [5, 5.41) is 2.85. The average molecular weight is 313 g/mol. The fourth-order valence-corrected chi connectivity index (χ4v) is 2.31. The molecule has 0 radical (unpaired) electrons. The van der Waals surface area contributed by atoms with Crippen LogP contribution in [-0.4, -0.2) is 26.2 Å². The number of hydrogen-bond acceptors (Lipinski definition) is 3. The molecule has 1 atom stereocenters. The van der Waals surface area contributed by atoms with Crippen LogP contribution in [0.2, 0.25) is 0 Å². The molecule has 0 spiro atoms. The van der Waals surface area contributed by atoms with E-state index in [0.29, 0.717) is 12.3 Å². The molecule has 23 heavy (non-hydrogen) atoms. The predicted octanol–water partition coefficient (Wildman–Crippen LogP) is 3.19. The Hall–Kier alpha value is -2.33. The van der Waals surface area contributed by atoms with E-state index in [1.807, 2.05) is 62.4 Å². The minimum atomic E-state index is -0.167. The molecule has 0 aliphatic heterocycles. The van der Waals surface area contributed by atoms with Gasteiger partial charge in [-0.3, -0.25) is 4.79 Å². The highest BCUT2D eigenvalue weighted by Gasteiger charge is 2.14. The highest BCUT2D eigenvalue weighted by Crippen LogP contribution is 2.19. The molecule has 0 aromatic heterocycles. The molecule has 4 heteroatoms. The SMILES string of the molecule is COC(CNC(=O)COc1ccc(C)cc1)c1ccccc1C. The van der Waals surface area contributed by atoms with Crippen molar-refractivity contribution in [3.05, 3.63) is 65.2 Å². The Balaban J connectivity index is 1.83. The predicted molar refractivity (Wildman–Crippen MR) is 90.6 cm³/mol. The summed E-state index contributed by atoms with van der Waals surface area (Å²) in [6.07, 6.45) is -0.167. The van der Waals surface area contributed by atoms with E-state index in [4.69, 9.17) is 9.47 Å². The zero-order chi connectivity index (χ0) is 16.7. The van der Waals surface area contributed by atoms with E-state index >= 15 is 0 Å². The third-order valence-corrected chi connectivity index (χ3v) is 3.70. The standard InChI is InChI=1S/C19H23NO3/c1-14-8-10-16(11-9-14)23-13-19(21)20-12-18(22-3)17-7-5-4-6-15(17)2/h4-11,18H,12-13H2,1-3H3,(H,20,21). The van der Waals surface area contributed by atoms with Crippen molar-refractivity contribution in [3.8, 4) is 5.75 Å². The fourth-order valence-electron chi connectivity index (χ4n) is 2.31. The van der Waals surface area contributed by atoms with Crippen LogP contribution in [0.3, 0.4) is 0 Å². The van der Waals surface area contributed by atoms with E-state index in [2.05, 4.69) is 5.32 Å². The third-order valence-electron chi connectivity index (χ3n) is 3.70. The van der Waals surface area contributed by atoms with Crippen molar-refractivity contribution in [2.24, 2.45) is 0 Å². The number of carbonyl (C=O) groups excluding carboxylic acids is 1.